The van der Waals surface area contributed by atoms with Crippen LogP contribution in [0.3, 0.4) is 0 Å². The highest BCUT2D eigenvalue weighted by Gasteiger charge is 2.08. The van der Waals surface area contributed by atoms with Crippen LogP contribution in [0.5, 0.6) is 0 Å². The molecular weight excluding hydrogens is 245 g/mol. The molecule has 1 nitrogen and oxygen atoms in total. The Hall–Kier alpha value is -0.850. The molecule has 74 valence electrons. The zero-order valence-electron chi connectivity index (χ0n) is 7.85. The average Bonchev–Trinajstić information content (AvgIpc) is 2.14. The SMILES string of the molecule is C#CCNC(C)c1ccc(F)cc1Br. The number of terminal acetylenes is 1. The molecule has 1 rings (SSSR count). The number of nitrogens with one attached hydrogen (secondary N) is 1. The Balaban J connectivity index is 2.80. The van der Waals surface area contributed by atoms with Gasteiger partial charge in [-0.05, 0) is 24.6 Å². The highest BCUT2D eigenvalue weighted by molar-refractivity contribution is 9.10. The second kappa shape index (κ2) is 5.14. The maximum atomic E-state index is 12.8. The third-order valence-electron chi connectivity index (χ3n) is 1.94. The third kappa shape index (κ3) is 2.83. The normalized spacial score (nSPS) is 12.1. The summed E-state index contributed by atoms with van der Waals surface area (Å²) in [5, 5.41) is 3.12. The number of halogens is 2. The summed E-state index contributed by atoms with van der Waals surface area (Å²) in [6.45, 7) is 2.49. The molecule has 0 spiro atoms. The number of hydrogen-bond acceptors (Lipinski definition) is 1. The van der Waals surface area contributed by atoms with Gasteiger partial charge in [0.05, 0.1) is 6.54 Å². The lowest BCUT2D eigenvalue weighted by Crippen LogP contribution is -2.19. The molecule has 1 unspecified atom stereocenters. The summed E-state index contributed by atoms with van der Waals surface area (Å²) in [6.07, 6.45) is 5.13. The van der Waals surface area contributed by atoms with Crippen molar-refractivity contribution < 1.29 is 4.39 Å². The van der Waals surface area contributed by atoms with E-state index in [-0.39, 0.29) is 11.9 Å². The first-order valence-electron chi connectivity index (χ1n) is 4.27. The molecule has 0 aromatic heterocycles. The summed E-state index contributed by atoms with van der Waals surface area (Å²) in [7, 11) is 0. The number of benzene rings is 1. The molecule has 0 aliphatic carbocycles. The molecule has 0 saturated heterocycles. The Labute approximate surface area is 91.8 Å². The van der Waals surface area contributed by atoms with E-state index < -0.39 is 0 Å². The van der Waals surface area contributed by atoms with Gasteiger partial charge in [-0.2, -0.15) is 0 Å². The largest absolute Gasteiger partial charge is 0.300 e. The van der Waals surface area contributed by atoms with Gasteiger partial charge in [-0.25, -0.2) is 4.39 Å². The van der Waals surface area contributed by atoms with Gasteiger partial charge in [-0.3, -0.25) is 5.32 Å². The van der Waals surface area contributed by atoms with Crippen molar-refractivity contribution in [2.75, 3.05) is 6.54 Å². The van der Waals surface area contributed by atoms with E-state index in [1.807, 2.05) is 6.92 Å². The van der Waals surface area contributed by atoms with Gasteiger partial charge in [0.1, 0.15) is 5.82 Å². The van der Waals surface area contributed by atoms with Crippen LogP contribution in [0.4, 0.5) is 4.39 Å². The van der Waals surface area contributed by atoms with E-state index in [0.29, 0.717) is 6.54 Å². The van der Waals surface area contributed by atoms with Crippen LogP contribution in [-0.2, 0) is 0 Å². The standard InChI is InChI=1S/C11H11BrFN/c1-3-6-14-8(2)10-5-4-9(13)7-11(10)12/h1,4-5,7-8,14H,6H2,2H3. The van der Waals surface area contributed by atoms with Gasteiger partial charge in [0.2, 0.25) is 0 Å². The van der Waals surface area contributed by atoms with Crippen molar-refractivity contribution in [1.82, 2.24) is 5.32 Å². The molecule has 0 bridgehead atoms. The Morgan fingerprint density at radius 2 is 2.36 bits per heavy atom. The lowest BCUT2D eigenvalue weighted by molar-refractivity contribution is 0.606. The molecule has 0 fully saturated rings. The van der Waals surface area contributed by atoms with Crippen molar-refractivity contribution in [1.29, 1.82) is 0 Å². The highest BCUT2D eigenvalue weighted by Crippen LogP contribution is 2.23. The van der Waals surface area contributed by atoms with E-state index in [1.165, 1.54) is 12.1 Å². The summed E-state index contributed by atoms with van der Waals surface area (Å²) in [5.41, 5.74) is 1.00. The van der Waals surface area contributed by atoms with Crippen molar-refractivity contribution in [2.24, 2.45) is 0 Å². The minimum atomic E-state index is -0.246. The maximum Gasteiger partial charge on any atom is 0.124 e. The molecule has 0 radical (unpaired) electrons. The predicted molar refractivity (Wildman–Crippen MR) is 59.4 cm³/mol. The predicted octanol–water partition coefficient (Wildman–Crippen LogP) is 2.87. The van der Waals surface area contributed by atoms with Gasteiger partial charge in [-0.1, -0.05) is 27.9 Å². The molecule has 0 aliphatic rings. The Kier molecular flexibility index (Phi) is 4.12. The highest BCUT2D eigenvalue weighted by atomic mass is 79.9. The van der Waals surface area contributed by atoms with Crippen LogP contribution < -0.4 is 5.32 Å². The van der Waals surface area contributed by atoms with Crippen molar-refractivity contribution >= 4 is 15.9 Å². The van der Waals surface area contributed by atoms with Gasteiger partial charge >= 0.3 is 0 Å². The molecule has 1 atom stereocenters. The molecule has 1 aromatic rings. The Bertz CT molecular complexity index is 357. The van der Waals surface area contributed by atoms with Crippen LogP contribution in [0.2, 0.25) is 0 Å². The topological polar surface area (TPSA) is 12.0 Å². The fourth-order valence-electron chi connectivity index (χ4n) is 1.17. The summed E-state index contributed by atoms with van der Waals surface area (Å²) >= 11 is 3.31. The van der Waals surface area contributed by atoms with Crippen molar-refractivity contribution in [3.8, 4) is 12.3 Å². The fourth-order valence-corrected chi connectivity index (χ4v) is 1.87. The summed E-state index contributed by atoms with van der Waals surface area (Å²) < 4.78 is 13.5. The van der Waals surface area contributed by atoms with Crippen LogP contribution in [-0.4, -0.2) is 6.54 Å². The fraction of sp³-hybridized carbons (Fsp3) is 0.273. The Morgan fingerprint density at radius 3 is 2.93 bits per heavy atom. The first-order valence-corrected chi connectivity index (χ1v) is 5.06. The summed E-state index contributed by atoms with van der Waals surface area (Å²) in [4.78, 5) is 0. The first kappa shape index (κ1) is 11.2. The zero-order valence-corrected chi connectivity index (χ0v) is 9.44. The number of rotatable bonds is 3. The monoisotopic (exact) mass is 255 g/mol. The Morgan fingerprint density at radius 1 is 1.64 bits per heavy atom. The lowest BCUT2D eigenvalue weighted by Gasteiger charge is -2.13. The van der Waals surface area contributed by atoms with Crippen LogP contribution in [0.1, 0.15) is 18.5 Å². The van der Waals surface area contributed by atoms with E-state index in [9.17, 15) is 4.39 Å². The van der Waals surface area contributed by atoms with Gasteiger partial charge < -0.3 is 0 Å². The molecule has 1 aromatic carbocycles. The smallest absolute Gasteiger partial charge is 0.124 e. The molecule has 3 heteroatoms. The summed E-state index contributed by atoms with van der Waals surface area (Å²) in [5.74, 6) is 2.25. The van der Waals surface area contributed by atoms with Crippen molar-refractivity contribution in [3.05, 3.63) is 34.1 Å². The van der Waals surface area contributed by atoms with E-state index in [1.54, 1.807) is 6.07 Å². The molecule has 0 heterocycles. The van der Waals surface area contributed by atoms with Crippen LogP contribution >= 0.6 is 15.9 Å². The summed E-state index contributed by atoms with van der Waals surface area (Å²) in [6, 6.07) is 4.74. The van der Waals surface area contributed by atoms with Crippen LogP contribution in [0, 0.1) is 18.2 Å². The molecule has 0 saturated carbocycles. The molecule has 14 heavy (non-hydrogen) atoms. The van der Waals surface area contributed by atoms with E-state index in [2.05, 4.69) is 27.2 Å². The van der Waals surface area contributed by atoms with E-state index in [0.717, 1.165) is 10.0 Å². The molecule has 0 aliphatic heterocycles. The van der Waals surface area contributed by atoms with Gasteiger partial charge in [0.15, 0.2) is 0 Å². The van der Waals surface area contributed by atoms with Crippen LogP contribution in [0.15, 0.2) is 22.7 Å². The van der Waals surface area contributed by atoms with Crippen molar-refractivity contribution in [3.63, 3.8) is 0 Å². The average molecular weight is 256 g/mol. The number of hydrogen-bond donors (Lipinski definition) is 1. The van der Waals surface area contributed by atoms with Crippen molar-refractivity contribution in [2.45, 2.75) is 13.0 Å². The second-order valence-electron chi connectivity index (χ2n) is 2.97. The van der Waals surface area contributed by atoms with E-state index >= 15 is 0 Å². The zero-order chi connectivity index (χ0) is 10.6. The lowest BCUT2D eigenvalue weighted by atomic mass is 10.1. The van der Waals surface area contributed by atoms with Gasteiger partial charge in [0, 0.05) is 10.5 Å². The maximum absolute atomic E-state index is 12.8. The van der Waals surface area contributed by atoms with Gasteiger partial charge in [0.25, 0.3) is 0 Å². The molecule has 0 amide bonds. The van der Waals surface area contributed by atoms with Crippen LogP contribution in [0.25, 0.3) is 0 Å². The third-order valence-corrected chi connectivity index (χ3v) is 2.63. The minimum Gasteiger partial charge on any atom is -0.300 e. The molecule has 1 N–H and O–H groups in total. The van der Waals surface area contributed by atoms with Gasteiger partial charge in [-0.15, -0.1) is 6.42 Å². The second-order valence-corrected chi connectivity index (χ2v) is 3.83. The van der Waals surface area contributed by atoms with E-state index in [4.69, 9.17) is 6.42 Å². The molecular formula is C11H11BrFN. The first-order chi connectivity index (χ1) is 6.65. The quantitative estimate of drug-likeness (QED) is 0.820. The minimum absolute atomic E-state index is 0.112.